The first-order chi connectivity index (χ1) is 23.3. The van der Waals surface area contributed by atoms with Crippen LogP contribution in [0.4, 0.5) is 17.1 Å². The summed E-state index contributed by atoms with van der Waals surface area (Å²) in [4.78, 5) is 43.0. The summed E-state index contributed by atoms with van der Waals surface area (Å²) in [6, 6.07) is 40.4. The number of rotatable bonds is 12. The lowest BCUT2D eigenvalue weighted by Crippen LogP contribution is -2.30. The molecule has 1 atom stereocenters. The maximum absolute atomic E-state index is 13.6. The first kappa shape index (κ1) is 33.6. The van der Waals surface area contributed by atoms with E-state index in [1.54, 1.807) is 61.7 Å². The minimum Gasteiger partial charge on any atom is -0.495 e. The highest BCUT2D eigenvalue weighted by atomic mass is 32.2. The molecule has 0 fully saturated rings. The van der Waals surface area contributed by atoms with Gasteiger partial charge < -0.3 is 25.6 Å². The Hall–Kier alpha value is -5.80. The molecule has 3 N–H and O–H groups in total. The lowest BCUT2D eigenvalue weighted by molar-refractivity contribution is -0.116. The molecule has 5 aromatic rings. The van der Waals surface area contributed by atoms with Gasteiger partial charge in [-0.25, -0.2) is 0 Å². The summed E-state index contributed by atoms with van der Waals surface area (Å²) in [6.07, 6.45) is 1.64. The van der Waals surface area contributed by atoms with Crippen LogP contribution in [0.5, 0.6) is 5.75 Å². The van der Waals surface area contributed by atoms with Crippen molar-refractivity contribution in [1.29, 1.82) is 0 Å². The highest BCUT2D eigenvalue weighted by Crippen LogP contribution is 2.37. The van der Waals surface area contributed by atoms with Gasteiger partial charge in [-0.15, -0.1) is 11.8 Å². The molecular formula is C39H36N4O4S. The summed E-state index contributed by atoms with van der Waals surface area (Å²) in [6.45, 7) is 0. The quantitative estimate of drug-likeness (QED) is 0.0943. The summed E-state index contributed by atoms with van der Waals surface area (Å²) in [7, 11) is 5.46. The summed E-state index contributed by atoms with van der Waals surface area (Å²) >= 11 is 1.39. The number of methoxy groups -OCH3 is 1. The Morgan fingerprint density at radius 1 is 0.729 bits per heavy atom. The standard InChI is InChI=1S/C39H36N4O4S/c1-43(2)31-22-18-27(19-23-31)26-34(42-37(44)29-14-8-5-9-15-29)38(45)40-30-20-24-32(25-21-30)48-36(28-12-6-4-7-13-28)39(46)41-33-16-10-11-17-35(33)47-3/h4-26,36H,1-3H3,(H,40,45)(H,41,46)(H,42,44)/b34-26-. The van der Waals surface area contributed by atoms with Gasteiger partial charge in [0.15, 0.2) is 0 Å². The zero-order valence-electron chi connectivity index (χ0n) is 26.8. The number of hydrogen-bond donors (Lipinski definition) is 3. The van der Waals surface area contributed by atoms with Gasteiger partial charge in [-0.1, -0.05) is 72.8 Å². The highest BCUT2D eigenvalue weighted by Gasteiger charge is 2.23. The fourth-order valence-electron chi connectivity index (χ4n) is 4.78. The molecule has 0 spiro atoms. The lowest BCUT2D eigenvalue weighted by Gasteiger charge is -2.18. The maximum atomic E-state index is 13.6. The fraction of sp³-hybridized carbons (Fsp3) is 0.103. The van der Waals surface area contributed by atoms with Crippen molar-refractivity contribution in [3.8, 4) is 5.75 Å². The van der Waals surface area contributed by atoms with E-state index in [2.05, 4.69) is 16.0 Å². The zero-order valence-corrected chi connectivity index (χ0v) is 27.7. The van der Waals surface area contributed by atoms with Crippen LogP contribution in [0, 0.1) is 0 Å². The van der Waals surface area contributed by atoms with Crippen LogP contribution in [-0.2, 0) is 9.59 Å². The average molecular weight is 657 g/mol. The molecule has 0 aliphatic carbocycles. The number of hydrogen-bond acceptors (Lipinski definition) is 6. The third-order valence-corrected chi connectivity index (χ3v) is 8.59. The molecule has 48 heavy (non-hydrogen) atoms. The van der Waals surface area contributed by atoms with Crippen LogP contribution in [0.15, 0.2) is 144 Å². The number of nitrogens with one attached hydrogen (secondary N) is 3. The normalized spacial score (nSPS) is 11.6. The van der Waals surface area contributed by atoms with Crippen molar-refractivity contribution in [3.63, 3.8) is 0 Å². The molecule has 0 saturated heterocycles. The Labute approximate surface area is 284 Å². The van der Waals surface area contributed by atoms with E-state index in [-0.39, 0.29) is 11.6 Å². The molecule has 8 nitrogen and oxygen atoms in total. The van der Waals surface area contributed by atoms with Gasteiger partial charge in [-0.3, -0.25) is 14.4 Å². The van der Waals surface area contributed by atoms with Crippen LogP contribution in [0.2, 0.25) is 0 Å². The van der Waals surface area contributed by atoms with E-state index in [1.165, 1.54) is 11.8 Å². The summed E-state index contributed by atoms with van der Waals surface area (Å²) < 4.78 is 5.42. The van der Waals surface area contributed by atoms with E-state index in [0.29, 0.717) is 22.7 Å². The second kappa shape index (κ2) is 16.2. The largest absolute Gasteiger partial charge is 0.495 e. The molecule has 5 aromatic carbocycles. The van der Waals surface area contributed by atoms with Gasteiger partial charge in [0.1, 0.15) is 16.7 Å². The highest BCUT2D eigenvalue weighted by molar-refractivity contribution is 8.00. The molecule has 0 radical (unpaired) electrons. The van der Waals surface area contributed by atoms with E-state index in [0.717, 1.165) is 21.7 Å². The number of benzene rings is 5. The number of para-hydroxylation sites is 2. The topological polar surface area (TPSA) is 99.8 Å². The predicted octanol–water partition coefficient (Wildman–Crippen LogP) is 7.64. The van der Waals surface area contributed by atoms with Gasteiger partial charge in [-0.2, -0.15) is 0 Å². The fourth-order valence-corrected chi connectivity index (χ4v) is 5.80. The lowest BCUT2D eigenvalue weighted by atomic mass is 10.1. The smallest absolute Gasteiger partial charge is 0.272 e. The van der Waals surface area contributed by atoms with Crippen molar-refractivity contribution in [3.05, 3.63) is 156 Å². The molecule has 0 aromatic heterocycles. The first-order valence-electron chi connectivity index (χ1n) is 15.2. The summed E-state index contributed by atoms with van der Waals surface area (Å²) in [5, 5.41) is 8.12. The number of anilines is 3. The maximum Gasteiger partial charge on any atom is 0.272 e. The molecule has 0 aliphatic rings. The first-order valence-corrected chi connectivity index (χ1v) is 16.1. The molecule has 9 heteroatoms. The molecule has 3 amide bonds. The SMILES string of the molecule is COc1ccccc1NC(=O)C(Sc1ccc(NC(=O)/C(=C/c2ccc(N(C)C)cc2)NC(=O)c2ccccc2)cc1)c1ccccc1. The number of nitrogens with zero attached hydrogens (tertiary/aromatic N) is 1. The number of ether oxygens (including phenoxy) is 1. The molecule has 0 aliphatic heterocycles. The monoisotopic (exact) mass is 656 g/mol. The Morgan fingerprint density at radius 2 is 1.35 bits per heavy atom. The van der Waals surface area contributed by atoms with Crippen molar-refractivity contribution in [2.24, 2.45) is 0 Å². The van der Waals surface area contributed by atoms with E-state index in [9.17, 15) is 14.4 Å². The van der Waals surface area contributed by atoms with Crippen molar-refractivity contribution in [2.75, 3.05) is 36.7 Å². The van der Waals surface area contributed by atoms with Crippen molar-refractivity contribution >= 4 is 52.6 Å². The number of carbonyl (C=O) groups excluding carboxylic acids is 3. The van der Waals surface area contributed by atoms with Gasteiger partial charge in [0.2, 0.25) is 5.91 Å². The van der Waals surface area contributed by atoms with Gasteiger partial charge in [0.25, 0.3) is 11.8 Å². The van der Waals surface area contributed by atoms with Crippen LogP contribution < -0.4 is 25.6 Å². The zero-order chi connectivity index (χ0) is 33.9. The van der Waals surface area contributed by atoms with Gasteiger partial charge >= 0.3 is 0 Å². The minimum absolute atomic E-state index is 0.0945. The molecular weight excluding hydrogens is 621 g/mol. The van der Waals surface area contributed by atoms with E-state index in [1.807, 2.05) is 104 Å². The minimum atomic E-state index is -0.557. The van der Waals surface area contributed by atoms with Crippen LogP contribution in [0.1, 0.15) is 26.7 Å². The number of thioether (sulfide) groups is 1. The Morgan fingerprint density at radius 3 is 2.00 bits per heavy atom. The van der Waals surface area contributed by atoms with Crippen LogP contribution in [0.25, 0.3) is 6.08 Å². The molecule has 5 rings (SSSR count). The van der Waals surface area contributed by atoms with Crippen LogP contribution in [0.3, 0.4) is 0 Å². The van der Waals surface area contributed by atoms with Gasteiger partial charge in [0, 0.05) is 35.9 Å². The van der Waals surface area contributed by atoms with Crippen molar-refractivity contribution in [2.45, 2.75) is 10.1 Å². The Bertz CT molecular complexity index is 1880. The molecule has 242 valence electrons. The van der Waals surface area contributed by atoms with Crippen LogP contribution in [-0.4, -0.2) is 38.9 Å². The summed E-state index contributed by atoms with van der Waals surface area (Å²) in [5.41, 5.74) is 4.25. The number of carbonyl (C=O) groups is 3. The van der Waals surface area contributed by atoms with Gasteiger partial charge in [-0.05, 0) is 77.9 Å². The van der Waals surface area contributed by atoms with E-state index >= 15 is 0 Å². The third kappa shape index (κ3) is 8.92. The molecule has 0 saturated carbocycles. The van der Waals surface area contributed by atoms with E-state index in [4.69, 9.17) is 4.74 Å². The second-order valence-electron chi connectivity index (χ2n) is 10.9. The van der Waals surface area contributed by atoms with Crippen LogP contribution >= 0.6 is 11.8 Å². The summed E-state index contributed by atoms with van der Waals surface area (Å²) in [5.74, 6) is -0.501. The Kier molecular flexibility index (Phi) is 11.3. The predicted molar refractivity (Wildman–Crippen MR) is 194 cm³/mol. The van der Waals surface area contributed by atoms with Crippen molar-refractivity contribution in [1.82, 2.24) is 5.32 Å². The Balaban J connectivity index is 1.34. The number of amides is 3. The second-order valence-corrected chi connectivity index (χ2v) is 12.1. The van der Waals surface area contributed by atoms with Gasteiger partial charge in [0.05, 0.1) is 12.8 Å². The molecule has 0 heterocycles. The molecule has 1 unspecified atom stereocenters. The van der Waals surface area contributed by atoms with E-state index < -0.39 is 17.1 Å². The third-order valence-electron chi connectivity index (χ3n) is 7.32. The average Bonchev–Trinajstić information content (AvgIpc) is 3.12. The van der Waals surface area contributed by atoms with Crippen molar-refractivity contribution < 1.29 is 19.1 Å². The molecule has 0 bridgehead atoms.